The number of hydrogen-bond donors (Lipinski definition) is 1. The van der Waals surface area contributed by atoms with Crippen LogP contribution in [0.3, 0.4) is 0 Å². The Morgan fingerprint density at radius 1 is 1.37 bits per heavy atom. The molecule has 4 heteroatoms. The lowest BCUT2D eigenvalue weighted by molar-refractivity contribution is 0.0916. The molecule has 1 aromatic heterocycles. The van der Waals surface area contributed by atoms with E-state index in [9.17, 15) is 4.79 Å². The van der Waals surface area contributed by atoms with Gasteiger partial charge in [-0.05, 0) is 30.9 Å². The number of carbonyl (C=O) groups is 1. The van der Waals surface area contributed by atoms with Gasteiger partial charge in [-0.2, -0.15) is 5.26 Å². The van der Waals surface area contributed by atoms with Gasteiger partial charge in [0.15, 0.2) is 0 Å². The van der Waals surface area contributed by atoms with Gasteiger partial charge < -0.3 is 5.32 Å². The van der Waals surface area contributed by atoms with Gasteiger partial charge in [-0.1, -0.05) is 26.2 Å². The number of carbonyl (C=O) groups excluding carboxylic acids is 1. The van der Waals surface area contributed by atoms with Crippen LogP contribution < -0.4 is 5.32 Å². The average molecular weight is 257 g/mol. The Hall–Kier alpha value is -1.89. The standard InChI is InChI=1S/C15H19N3O/c1-11-5-3-2-4-6-13(11)18-15(19)14-8-7-12(9-16)10-17-14/h7-8,10-11,13H,2-6H2,1H3,(H,18,19). The van der Waals surface area contributed by atoms with Crippen molar-refractivity contribution < 1.29 is 4.79 Å². The van der Waals surface area contributed by atoms with E-state index in [0.717, 1.165) is 6.42 Å². The number of hydrogen-bond acceptors (Lipinski definition) is 3. The summed E-state index contributed by atoms with van der Waals surface area (Å²) in [4.78, 5) is 16.1. The Morgan fingerprint density at radius 2 is 2.16 bits per heavy atom. The summed E-state index contributed by atoms with van der Waals surface area (Å²) in [6.07, 6.45) is 7.34. The molecule has 2 atom stereocenters. The van der Waals surface area contributed by atoms with Crippen molar-refractivity contribution in [3.8, 4) is 6.07 Å². The Bertz CT molecular complexity index is 475. The monoisotopic (exact) mass is 257 g/mol. The highest BCUT2D eigenvalue weighted by molar-refractivity contribution is 5.92. The van der Waals surface area contributed by atoms with Crippen molar-refractivity contribution in [1.82, 2.24) is 10.3 Å². The molecule has 1 aromatic rings. The first-order valence-electron chi connectivity index (χ1n) is 6.87. The largest absolute Gasteiger partial charge is 0.348 e. The zero-order valence-electron chi connectivity index (χ0n) is 11.2. The SMILES string of the molecule is CC1CCCCCC1NC(=O)c1ccc(C#N)cn1. The summed E-state index contributed by atoms with van der Waals surface area (Å²) < 4.78 is 0. The zero-order chi connectivity index (χ0) is 13.7. The maximum Gasteiger partial charge on any atom is 0.270 e. The van der Waals surface area contributed by atoms with Crippen LogP contribution in [0, 0.1) is 17.2 Å². The highest BCUT2D eigenvalue weighted by Gasteiger charge is 2.22. The van der Waals surface area contributed by atoms with Crippen molar-refractivity contribution in [3.05, 3.63) is 29.6 Å². The smallest absolute Gasteiger partial charge is 0.270 e. The summed E-state index contributed by atoms with van der Waals surface area (Å²) in [5, 5.41) is 11.8. The number of nitriles is 1. The van der Waals surface area contributed by atoms with E-state index in [-0.39, 0.29) is 11.9 Å². The highest BCUT2D eigenvalue weighted by atomic mass is 16.1. The van der Waals surface area contributed by atoms with E-state index in [2.05, 4.69) is 17.2 Å². The van der Waals surface area contributed by atoms with Gasteiger partial charge in [0.25, 0.3) is 5.91 Å². The van der Waals surface area contributed by atoms with E-state index >= 15 is 0 Å². The average Bonchev–Trinajstić information content (AvgIpc) is 2.64. The molecule has 4 nitrogen and oxygen atoms in total. The first-order chi connectivity index (χ1) is 9.20. The summed E-state index contributed by atoms with van der Waals surface area (Å²) in [5.74, 6) is 0.382. The molecule has 1 aliphatic rings. The molecule has 1 aliphatic carbocycles. The van der Waals surface area contributed by atoms with Gasteiger partial charge in [-0.25, -0.2) is 4.98 Å². The van der Waals surface area contributed by atoms with Crippen LogP contribution >= 0.6 is 0 Å². The van der Waals surface area contributed by atoms with Crippen molar-refractivity contribution in [2.75, 3.05) is 0 Å². The topological polar surface area (TPSA) is 65.8 Å². The number of nitrogens with zero attached hydrogens (tertiary/aromatic N) is 2. The van der Waals surface area contributed by atoms with Crippen LogP contribution in [-0.4, -0.2) is 16.9 Å². The zero-order valence-corrected chi connectivity index (χ0v) is 11.2. The fourth-order valence-corrected chi connectivity index (χ4v) is 2.54. The number of pyridine rings is 1. The summed E-state index contributed by atoms with van der Waals surface area (Å²) in [6, 6.07) is 5.47. The minimum atomic E-state index is -0.136. The molecule has 0 saturated heterocycles. The van der Waals surface area contributed by atoms with Crippen LogP contribution in [-0.2, 0) is 0 Å². The predicted molar refractivity (Wildman–Crippen MR) is 72.5 cm³/mol. The minimum Gasteiger partial charge on any atom is -0.348 e. The molecule has 1 saturated carbocycles. The lowest BCUT2D eigenvalue weighted by Crippen LogP contribution is -2.39. The summed E-state index contributed by atoms with van der Waals surface area (Å²) in [7, 11) is 0. The Morgan fingerprint density at radius 3 is 2.84 bits per heavy atom. The third kappa shape index (κ3) is 3.54. The van der Waals surface area contributed by atoms with Gasteiger partial charge in [0.2, 0.25) is 0 Å². The van der Waals surface area contributed by atoms with Gasteiger partial charge in [0, 0.05) is 12.2 Å². The Labute approximate surface area is 113 Å². The van der Waals surface area contributed by atoms with Crippen LogP contribution in [0.25, 0.3) is 0 Å². The fourth-order valence-electron chi connectivity index (χ4n) is 2.54. The van der Waals surface area contributed by atoms with Crippen LogP contribution in [0.2, 0.25) is 0 Å². The molecule has 2 rings (SSSR count). The molecule has 19 heavy (non-hydrogen) atoms. The van der Waals surface area contributed by atoms with Crippen molar-refractivity contribution in [3.63, 3.8) is 0 Å². The Kier molecular flexibility index (Phi) is 4.51. The first kappa shape index (κ1) is 13.5. The second-order valence-corrected chi connectivity index (χ2v) is 5.24. The molecule has 0 aromatic carbocycles. The number of aromatic nitrogens is 1. The van der Waals surface area contributed by atoms with Gasteiger partial charge in [-0.3, -0.25) is 4.79 Å². The molecule has 1 heterocycles. The van der Waals surface area contributed by atoms with Gasteiger partial charge in [-0.15, -0.1) is 0 Å². The Balaban J connectivity index is 2.01. The lowest BCUT2D eigenvalue weighted by atomic mass is 9.97. The second-order valence-electron chi connectivity index (χ2n) is 5.24. The van der Waals surface area contributed by atoms with Crippen molar-refractivity contribution in [1.29, 1.82) is 5.26 Å². The molecular weight excluding hydrogens is 238 g/mol. The third-order valence-electron chi connectivity index (χ3n) is 3.80. The van der Waals surface area contributed by atoms with E-state index in [1.165, 1.54) is 31.9 Å². The first-order valence-corrected chi connectivity index (χ1v) is 6.87. The van der Waals surface area contributed by atoms with E-state index in [4.69, 9.17) is 5.26 Å². The van der Waals surface area contributed by atoms with Crippen LogP contribution in [0.4, 0.5) is 0 Å². The van der Waals surface area contributed by atoms with E-state index in [1.807, 2.05) is 6.07 Å². The second kappa shape index (κ2) is 6.33. The van der Waals surface area contributed by atoms with Gasteiger partial charge in [0.05, 0.1) is 5.56 Å². The van der Waals surface area contributed by atoms with E-state index in [1.54, 1.807) is 12.1 Å². The van der Waals surface area contributed by atoms with Crippen LogP contribution in [0.5, 0.6) is 0 Å². The normalized spacial score (nSPS) is 23.2. The molecule has 0 radical (unpaired) electrons. The number of nitrogens with one attached hydrogen (secondary N) is 1. The predicted octanol–water partition coefficient (Wildman–Crippen LogP) is 2.65. The molecular formula is C15H19N3O. The number of amides is 1. The van der Waals surface area contributed by atoms with Crippen LogP contribution in [0.1, 0.15) is 55.1 Å². The highest BCUT2D eigenvalue weighted by Crippen LogP contribution is 2.23. The summed E-state index contributed by atoms with van der Waals surface area (Å²) >= 11 is 0. The van der Waals surface area contributed by atoms with Crippen LogP contribution in [0.15, 0.2) is 18.3 Å². The summed E-state index contributed by atoms with van der Waals surface area (Å²) in [5.41, 5.74) is 0.856. The lowest BCUT2D eigenvalue weighted by Gasteiger charge is -2.22. The maximum absolute atomic E-state index is 12.1. The van der Waals surface area contributed by atoms with E-state index in [0.29, 0.717) is 17.2 Å². The quantitative estimate of drug-likeness (QED) is 0.828. The molecule has 100 valence electrons. The molecule has 1 N–H and O–H groups in total. The molecule has 2 unspecified atom stereocenters. The maximum atomic E-state index is 12.1. The van der Waals surface area contributed by atoms with Crippen molar-refractivity contribution >= 4 is 5.91 Å². The molecule has 0 aliphatic heterocycles. The summed E-state index contributed by atoms with van der Waals surface area (Å²) in [6.45, 7) is 2.20. The molecule has 1 fully saturated rings. The van der Waals surface area contributed by atoms with Crippen molar-refractivity contribution in [2.45, 2.75) is 45.1 Å². The fraction of sp³-hybridized carbons (Fsp3) is 0.533. The molecule has 0 bridgehead atoms. The van der Waals surface area contributed by atoms with Gasteiger partial charge >= 0.3 is 0 Å². The number of rotatable bonds is 2. The molecule has 1 amide bonds. The third-order valence-corrected chi connectivity index (χ3v) is 3.80. The molecule has 0 spiro atoms. The van der Waals surface area contributed by atoms with E-state index < -0.39 is 0 Å². The van der Waals surface area contributed by atoms with Crippen molar-refractivity contribution in [2.24, 2.45) is 5.92 Å². The minimum absolute atomic E-state index is 0.136. The van der Waals surface area contributed by atoms with Gasteiger partial charge in [0.1, 0.15) is 11.8 Å².